The van der Waals surface area contributed by atoms with Gasteiger partial charge < -0.3 is 5.11 Å². The first-order valence-electron chi connectivity index (χ1n) is 8.54. The van der Waals surface area contributed by atoms with Crippen LogP contribution in [0, 0.1) is 0 Å². The molecular formula is C19H21N3O4S. The molecule has 0 saturated heterocycles. The van der Waals surface area contributed by atoms with Crippen molar-refractivity contribution in [3.05, 3.63) is 59.7 Å². The quantitative estimate of drug-likeness (QED) is 0.824. The Hall–Kier alpha value is -2.87. The fraction of sp³-hybridized carbons (Fsp3) is 0.263. The van der Waals surface area contributed by atoms with Gasteiger partial charge in [0.1, 0.15) is 5.75 Å². The summed E-state index contributed by atoms with van der Waals surface area (Å²) in [5.74, 6) is -0.0813. The molecule has 0 spiro atoms. The highest BCUT2D eigenvalue weighted by Crippen LogP contribution is 2.38. The molecule has 1 unspecified atom stereocenters. The Morgan fingerprint density at radius 1 is 1.22 bits per heavy atom. The molecule has 2 N–H and O–H groups in total. The first kappa shape index (κ1) is 18.9. The van der Waals surface area contributed by atoms with Gasteiger partial charge in [-0.25, -0.2) is 13.4 Å². The van der Waals surface area contributed by atoms with Crippen molar-refractivity contribution in [2.24, 2.45) is 5.10 Å². The maximum atomic E-state index is 12.4. The van der Waals surface area contributed by atoms with Gasteiger partial charge in [-0.05, 0) is 12.1 Å². The van der Waals surface area contributed by atoms with Crippen molar-refractivity contribution in [3.63, 3.8) is 0 Å². The largest absolute Gasteiger partial charge is 0.508 e. The number of carbonyl (C=O) groups is 1. The third-order valence-corrected chi connectivity index (χ3v) is 4.89. The maximum Gasteiger partial charge on any atom is 0.242 e. The van der Waals surface area contributed by atoms with Crippen LogP contribution < -0.4 is 4.72 Å². The lowest BCUT2D eigenvalue weighted by Gasteiger charge is -2.22. The van der Waals surface area contributed by atoms with E-state index in [0.29, 0.717) is 28.9 Å². The van der Waals surface area contributed by atoms with E-state index in [1.54, 1.807) is 55.5 Å². The molecule has 0 radical (unpaired) electrons. The zero-order valence-electron chi connectivity index (χ0n) is 15.1. The van der Waals surface area contributed by atoms with E-state index in [-0.39, 0.29) is 18.1 Å². The highest BCUT2D eigenvalue weighted by molar-refractivity contribution is 7.92. The van der Waals surface area contributed by atoms with Crippen LogP contribution in [0.4, 0.5) is 5.69 Å². The summed E-state index contributed by atoms with van der Waals surface area (Å²) >= 11 is 0. The Bertz CT molecular complexity index is 1000. The van der Waals surface area contributed by atoms with Crippen LogP contribution in [-0.2, 0) is 14.8 Å². The van der Waals surface area contributed by atoms with Crippen LogP contribution in [0.15, 0.2) is 53.6 Å². The van der Waals surface area contributed by atoms with E-state index >= 15 is 0 Å². The lowest BCUT2D eigenvalue weighted by atomic mass is 9.97. The Morgan fingerprint density at radius 2 is 1.89 bits per heavy atom. The van der Waals surface area contributed by atoms with E-state index in [1.165, 1.54) is 5.01 Å². The molecule has 0 saturated carbocycles. The topological polar surface area (TPSA) is 99.1 Å². The molecule has 0 aliphatic carbocycles. The summed E-state index contributed by atoms with van der Waals surface area (Å²) in [6.45, 7) is 1.75. The Balaban J connectivity index is 2.03. The summed E-state index contributed by atoms with van der Waals surface area (Å²) in [6.07, 6.45) is 1.72. The number of carbonyl (C=O) groups excluding carboxylic acids is 1. The number of anilines is 1. The van der Waals surface area contributed by atoms with E-state index in [2.05, 4.69) is 9.82 Å². The standard InChI is InChI=1S/C19H21N3O4S/c1-3-19(24)22-17(14-9-5-7-11-18(14)23)12-16(20-22)13-8-4-6-10-15(13)21-27(2,25)26/h4-11,17,21,23H,3,12H2,1-2H3. The molecule has 3 rings (SSSR count). The van der Waals surface area contributed by atoms with Gasteiger partial charge in [-0.15, -0.1) is 0 Å². The summed E-state index contributed by atoms with van der Waals surface area (Å²) in [7, 11) is -3.46. The molecule has 1 aliphatic heterocycles. The van der Waals surface area contributed by atoms with Gasteiger partial charge >= 0.3 is 0 Å². The molecule has 0 bridgehead atoms. The first-order chi connectivity index (χ1) is 12.8. The van der Waals surface area contributed by atoms with Crippen molar-refractivity contribution < 1.29 is 18.3 Å². The maximum absolute atomic E-state index is 12.4. The third kappa shape index (κ3) is 4.11. The second-order valence-corrected chi connectivity index (χ2v) is 8.09. The van der Waals surface area contributed by atoms with Gasteiger partial charge in [0.05, 0.1) is 23.7 Å². The van der Waals surface area contributed by atoms with Crippen molar-refractivity contribution in [1.29, 1.82) is 0 Å². The summed E-state index contributed by atoms with van der Waals surface area (Å²) in [5.41, 5.74) is 2.19. The summed E-state index contributed by atoms with van der Waals surface area (Å²) < 4.78 is 25.8. The Morgan fingerprint density at radius 3 is 2.56 bits per heavy atom. The molecule has 1 amide bonds. The fourth-order valence-electron chi connectivity index (χ4n) is 3.10. The van der Waals surface area contributed by atoms with Crippen molar-refractivity contribution in [3.8, 4) is 5.75 Å². The molecular weight excluding hydrogens is 366 g/mol. The van der Waals surface area contributed by atoms with Crippen LogP contribution in [0.3, 0.4) is 0 Å². The van der Waals surface area contributed by atoms with Crippen LogP contribution in [0.1, 0.15) is 36.9 Å². The number of nitrogens with zero attached hydrogens (tertiary/aromatic N) is 2. The molecule has 8 heteroatoms. The van der Waals surface area contributed by atoms with Crippen LogP contribution in [0.2, 0.25) is 0 Å². The number of phenols is 1. The zero-order valence-corrected chi connectivity index (χ0v) is 15.9. The molecule has 0 aromatic heterocycles. The van der Waals surface area contributed by atoms with E-state index in [4.69, 9.17) is 0 Å². The van der Waals surface area contributed by atoms with Gasteiger partial charge in [-0.2, -0.15) is 5.10 Å². The number of sulfonamides is 1. The van der Waals surface area contributed by atoms with Gasteiger partial charge in [0.25, 0.3) is 0 Å². The molecule has 27 heavy (non-hydrogen) atoms. The predicted molar refractivity (Wildman–Crippen MR) is 104 cm³/mol. The van der Waals surface area contributed by atoms with E-state index in [1.807, 2.05) is 0 Å². The minimum absolute atomic E-state index is 0.0930. The summed E-state index contributed by atoms with van der Waals surface area (Å²) in [6, 6.07) is 13.3. The molecule has 2 aromatic rings. The minimum Gasteiger partial charge on any atom is -0.508 e. The first-order valence-corrected chi connectivity index (χ1v) is 10.4. The van der Waals surface area contributed by atoms with Crippen molar-refractivity contribution in [2.75, 3.05) is 11.0 Å². The molecule has 142 valence electrons. The lowest BCUT2D eigenvalue weighted by molar-refractivity contribution is -0.132. The third-order valence-electron chi connectivity index (χ3n) is 4.30. The van der Waals surface area contributed by atoms with Crippen LogP contribution in [0.25, 0.3) is 0 Å². The van der Waals surface area contributed by atoms with E-state index in [0.717, 1.165) is 6.26 Å². The number of rotatable bonds is 5. The number of phenolic OH excluding ortho intramolecular Hbond substituents is 1. The second-order valence-electron chi connectivity index (χ2n) is 6.34. The zero-order chi connectivity index (χ0) is 19.6. The van der Waals surface area contributed by atoms with Crippen molar-refractivity contribution in [2.45, 2.75) is 25.8 Å². The molecule has 7 nitrogen and oxygen atoms in total. The molecule has 0 fully saturated rings. The van der Waals surface area contributed by atoms with Gasteiger partial charge in [0, 0.05) is 24.0 Å². The smallest absolute Gasteiger partial charge is 0.242 e. The number of nitrogens with one attached hydrogen (secondary N) is 1. The molecule has 1 aliphatic rings. The van der Waals surface area contributed by atoms with Gasteiger partial charge in [0.2, 0.25) is 15.9 Å². The number of hydrazone groups is 1. The minimum atomic E-state index is -3.46. The van der Waals surface area contributed by atoms with E-state index < -0.39 is 16.1 Å². The SMILES string of the molecule is CCC(=O)N1N=C(c2ccccc2NS(C)(=O)=O)CC1c1ccccc1O. The monoisotopic (exact) mass is 387 g/mol. The van der Waals surface area contributed by atoms with Gasteiger partial charge in [-0.3, -0.25) is 9.52 Å². The summed E-state index contributed by atoms with van der Waals surface area (Å²) in [5, 5.41) is 16.1. The highest BCUT2D eigenvalue weighted by atomic mass is 32.2. The number of benzene rings is 2. The summed E-state index contributed by atoms with van der Waals surface area (Å²) in [4.78, 5) is 12.4. The molecule has 1 heterocycles. The van der Waals surface area contributed by atoms with Crippen LogP contribution >= 0.6 is 0 Å². The lowest BCUT2D eigenvalue weighted by Crippen LogP contribution is -2.26. The fourth-order valence-corrected chi connectivity index (χ4v) is 3.68. The predicted octanol–water partition coefficient (Wildman–Crippen LogP) is 2.85. The number of hydrogen-bond donors (Lipinski definition) is 2. The van der Waals surface area contributed by atoms with E-state index in [9.17, 15) is 18.3 Å². The van der Waals surface area contributed by atoms with Crippen molar-refractivity contribution in [1.82, 2.24) is 5.01 Å². The van der Waals surface area contributed by atoms with Gasteiger partial charge in [-0.1, -0.05) is 43.3 Å². The second kappa shape index (κ2) is 7.40. The molecule has 1 atom stereocenters. The van der Waals surface area contributed by atoms with Gasteiger partial charge in [0.15, 0.2) is 0 Å². The highest BCUT2D eigenvalue weighted by Gasteiger charge is 2.34. The average Bonchev–Trinajstić information content (AvgIpc) is 3.05. The average molecular weight is 387 g/mol. The number of hydrogen-bond acceptors (Lipinski definition) is 5. The van der Waals surface area contributed by atoms with Crippen LogP contribution in [-0.4, -0.2) is 36.4 Å². The number of aromatic hydroxyl groups is 1. The number of para-hydroxylation sites is 2. The molecule has 2 aromatic carbocycles. The normalized spacial score (nSPS) is 16.9. The van der Waals surface area contributed by atoms with Crippen molar-refractivity contribution >= 4 is 27.3 Å². The van der Waals surface area contributed by atoms with Crippen LogP contribution in [0.5, 0.6) is 5.75 Å². The number of amides is 1. The Kier molecular flexibility index (Phi) is 5.18. The Labute approximate surface area is 158 Å².